The van der Waals surface area contributed by atoms with E-state index in [2.05, 4.69) is 24.2 Å². The molecule has 2 rings (SSSR count). The minimum Gasteiger partial charge on any atom is -0.341 e. The predicted molar refractivity (Wildman–Crippen MR) is 78.1 cm³/mol. The fraction of sp³-hybridized carbons (Fsp3) is 0.933. The molecule has 0 aliphatic carbocycles. The first-order chi connectivity index (χ1) is 9.08. The van der Waals surface area contributed by atoms with Crippen molar-refractivity contribution in [2.75, 3.05) is 33.2 Å². The van der Waals surface area contributed by atoms with Crippen molar-refractivity contribution >= 4 is 5.91 Å². The van der Waals surface area contributed by atoms with E-state index >= 15 is 0 Å². The Labute approximate surface area is 117 Å². The zero-order valence-corrected chi connectivity index (χ0v) is 12.7. The van der Waals surface area contributed by atoms with E-state index in [1.54, 1.807) is 0 Å². The average molecular weight is 267 g/mol. The van der Waals surface area contributed by atoms with Gasteiger partial charge in [-0.05, 0) is 59.0 Å². The van der Waals surface area contributed by atoms with E-state index in [1.807, 2.05) is 11.8 Å². The average Bonchev–Trinajstić information content (AvgIpc) is 2.91. The molecular weight excluding hydrogens is 238 g/mol. The number of nitrogens with one attached hydrogen (secondary N) is 1. The zero-order valence-electron chi connectivity index (χ0n) is 12.7. The van der Waals surface area contributed by atoms with Gasteiger partial charge < -0.3 is 15.1 Å². The molecule has 0 bridgehead atoms. The Bertz CT molecular complexity index is 302. The standard InChI is InChI=1S/C15H29N3O/c1-12(14-7-6-8-17(3)11-14)16-13(2)15(19)18-9-4-5-10-18/h12-14,16H,4-11H2,1-3H3. The van der Waals surface area contributed by atoms with Crippen LogP contribution in [0.25, 0.3) is 0 Å². The Balaban J connectivity index is 1.80. The van der Waals surface area contributed by atoms with Crippen LogP contribution in [0.2, 0.25) is 0 Å². The summed E-state index contributed by atoms with van der Waals surface area (Å²) in [6, 6.07) is 0.379. The molecule has 2 heterocycles. The molecule has 0 saturated carbocycles. The fourth-order valence-electron chi connectivity index (χ4n) is 3.43. The molecular formula is C15H29N3O. The van der Waals surface area contributed by atoms with Crippen LogP contribution in [0.5, 0.6) is 0 Å². The first-order valence-corrected chi connectivity index (χ1v) is 7.81. The fourth-order valence-corrected chi connectivity index (χ4v) is 3.43. The van der Waals surface area contributed by atoms with Gasteiger partial charge in [-0.2, -0.15) is 0 Å². The topological polar surface area (TPSA) is 35.6 Å². The van der Waals surface area contributed by atoms with Crippen molar-refractivity contribution in [3.63, 3.8) is 0 Å². The number of hydrogen-bond donors (Lipinski definition) is 1. The van der Waals surface area contributed by atoms with E-state index in [1.165, 1.54) is 32.2 Å². The third-order valence-electron chi connectivity index (χ3n) is 4.67. The third-order valence-corrected chi connectivity index (χ3v) is 4.67. The number of carbonyl (C=O) groups is 1. The largest absolute Gasteiger partial charge is 0.341 e. The number of amides is 1. The molecule has 2 saturated heterocycles. The summed E-state index contributed by atoms with van der Waals surface area (Å²) in [5, 5.41) is 3.53. The molecule has 2 aliphatic heterocycles. The minimum absolute atomic E-state index is 0.0414. The molecule has 110 valence electrons. The SMILES string of the molecule is CC(NC(C)C1CCCN(C)C1)C(=O)N1CCCC1. The molecule has 4 nitrogen and oxygen atoms in total. The molecule has 0 aromatic heterocycles. The molecule has 2 fully saturated rings. The smallest absolute Gasteiger partial charge is 0.239 e. The van der Waals surface area contributed by atoms with E-state index in [9.17, 15) is 4.79 Å². The summed E-state index contributed by atoms with van der Waals surface area (Å²) in [6.45, 7) is 8.52. The number of nitrogens with zero attached hydrogens (tertiary/aromatic N) is 2. The molecule has 19 heavy (non-hydrogen) atoms. The normalized spacial score (nSPS) is 28.4. The summed E-state index contributed by atoms with van der Waals surface area (Å²) in [6.07, 6.45) is 4.90. The molecule has 3 atom stereocenters. The number of likely N-dealkylation sites (tertiary alicyclic amines) is 2. The van der Waals surface area contributed by atoms with Gasteiger partial charge in [0.2, 0.25) is 5.91 Å². The van der Waals surface area contributed by atoms with Crippen molar-refractivity contribution in [3.05, 3.63) is 0 Å². The van der Waals surface area contributed by atoms with Crippen molar-refractivity contribution in [1.29, 1.82) is 0 Å². The van der Waals surface area contributed by atoms with E-state index in [0.29, 0.717) is 12.0 Å². The van der Waals surface area contributed by atoms with Crippen LogP contribution in [0.15, 0.2) is 0 Å². The highest BCUT2D eigenvalue weighted by Gasteiger charge is 2.28. The van der Waals surface area contributed by atoms with Crippen LogP contribution in [-0.2, 0) is 4.79 Å². The maximum Gasteiger partial charge on any atom is 0.239 e. The van der Waals surface area contributed by atoms with Gasteiger partial charge in [0.1, 0.15) is 0 Å². The molecule has 4 heteroatoms. The predicted octanol–water partition coefficient (Wildman–Crippen LogP) is 1.32. The molecule has 3 unspecified atom stereocenters. The Morgan fingerprint density at radius 2 is 1.84 bits per heavy atom. The molecule has 0 aromatic carbocycles. The molecule has 1 amide bonds. The highest BCUT2D eigenvalue weighted by molar-refractivity contribution is 5.81. The Morgan fingerprint density at radius 3 is 2.47 bits per heavy atom. The van der Waals surface area contributed by atoms with E-state index in [-0.39, 0.29) is 11.9 Å². The summed E-state index contributed by atoms with van der Waals surface area (Å²) >= 11 is 0. The van der Waals surface area contributed by atoms with Crippen LogP contribution in [0, 0.1) is 5.92 Å². The zero-order chi connectivity index (χ0) is 13.8. The molecule has 0 spiro atoms. The molecule has 1 N–H and O–H groups in total. The highest BCUT2D eigenvalue weighted by Crippen LogP contribution is 2.19. The second kappa shape index (κ2) is 6.71. The van der Waals surface area contributed by atoms with Crippen molar-refractivity contribution in [1.82, 2.24) is 15.1 Å². The molecule has 2 aliphatic rings. The van der Waals surface area contributed by atoms with Crippen LogP contribution in [0.1, 0.15) is 39.5 Å². The molecule has 0 aromatic rings. The van der Waals surface area contributed by atoms with E-state index in [0.717, 1.165) is 19.6 Å². The van der Waals surface area contributed by atoms with Gasteiger partial charge >= 0.3 is 0 Å². The second-order valence-corrected chi connectivity index (χ2v) is 6.37. The van der Waals surface area contributed by atoms with Gasteiger partial charge in [-0.1, -0.05) is 0 Å². The summed E-state index contributed by atoms with van der Waals surface area (Å²) in [5.41, 5.74) is 0. The lowest BCUT2D eigenvalue weighted by Crippen LogP contribution is -2.51. The first kappa shape index (κ1) is 14.8. The quantitative estimate of drug-likeness (QED) is 0.834. The lowest BCUT2D eigenvalue weighted by Gasteiger charge is -2.35. The Morgan fingerprint density at radius 1 is 1.16 bits per heavy atom. The first-order valence-electron chi connectivity index (χ1n) is 7.81. The Hall–Kier alpha value is -0.610. The van der Waals surface area contributed by atoms with Crippen molar-refractivity contribution in [3.8, 4) is 0 Å². The lowest BCUT2D eigenvalue weighted by molar-refractivity contribution is -0.132. The Kier molecular flexibility index (Phi) is 5.22. The minimum atomic E-state index is -0.0414. The van der Waals surface area contributed by atoms with Crippen LogP contribution < -0.4 is 5.32 Å². The number of piperidine rings is 1. The summed E-state index contributed by atoms with van der Waals surface area (Å²) in [7, 11) is 2.19. The van der Waals surface area contributed by atoms with Gasteiger partial charge in [0.25, 0.3) is 0 Å². The highest BCUT2D eigenvalue weighted by atomic mass is 16.2. The van der Waals surface area contributed by atoms with Crippen LogP contribution in [-0.4, -0.2) is 61.0 Å². The molecule has 0 radical (unpaired) electrons. The summed E-state index contributed by atoms with van der Waals surface area (Å²) < 4.78 is 0. The van der Waals surface area contributed by atoms with Crippen molar-refractivity contribution in [2.24, 2.45) is 5.92 Å². The van der Waals surface area contributed by atoms with Gasteiger partial charge in [-0.25, -0.2) is 0 Å². The number of rotatable bonds is 4. The maximum absolute atomic E-state index is 12.3. The number of hydrogen-bond acceptors (Lipinski definition) is 3. The van der Waals surface area contributed by atoms with Crippen molar-refractivity contribution < 1.29 is 4.79 Å². The summed E-state index contributed by atoms with van der Waals surface area (Å²) in [5.74, 6) is 0.959. The van der Waals surface area contributed by atoms with Crippen LogP contribution in [0.3, 0.4) is 0 Å². The third kappa shape index (κ3) is 3.93. The van der Waals surface area contributed by atoms with Gasteiger partial charge in [0.15, 0.2) is 0 Å². The van der Waals surface area contributed by atoms with Gasteiger partial charge in [0.05, 0.1) is 6.04 Å². The lowest BCUT2D eigenvalue weighted by atomic mass is 9.91. The van der Waals surface area contributed by atoms with Gasteiger partial charge in [-0.3, -0.25) is 4.79 Å². The van der Waals surface area contributed by atoms with Gasteiger partial charge in [-0.15, -0.1) is 0 Å². The summed E-state index contributed by atoms with van der Waals surface area (Å²) in [4.78, 5) is 16.7. The second-order valence-electron chi connectivity index (χ2n) is 6.37. The van der Waals surface area contributed by atoms with Crippen LogP contribution in [0.4, 0.5) is 0 Å². The van der Waals surface area contributed by atoms with Crippen LogP contribution >= 0.6 is 0 Å². The number of carbonyl (C=O) groups excluding carboxylic acids is 1. The van der Waals surface area contributed by atoms with Gasteiger partial charge in [0, 0.05) is 25.7 Å². The van der Waals surface area contributed by atoms with E-state index < -0.39 is 0 Å². The van der Waals surface area contributed by atoms with E-state index in [4.69, 9.17) is 0 Å². The maximum atomic E-state index is 12.3. The monoisotopic (exact) mass is 267 g/mol. The van der Waals surface area contributed by atoms with Crippen molar-refractivity contribution in [2.45, 2.75) is 51.6 Å².